The van der Waals surface area contributed by atoms with Crippen molar-refractivity contribution in [1.29, 1.82) is 5.26 Å². The summed E-state index contributed by atoms with van der Waals surface area (Å²) in [5, 5.41) is 14.8. The van der Waals surface area contributed by atoms with Gasteiger partial charge in [-0.25, -0.2) is 0 Å². The highest BCUT2D eigenvalue weighted by Gasteiger charge is 2.13. The Bertz CT molecular complexity index is 1140. The van der Waals surface area contributed by atoms with Crippen molar-refractivity contribution in [3.05, 3.63) is 91.9 Å². The first-order chi connectivity index (χ1) is 15.5. The van der Waals surface area contributed by atoms with Gasteiger partial charge in [0.05, 0.1) is 36.0 Å². The second-order valence-electron chi connectivity index (χ2n) is 6.66. The van der Waals surface area contributed by atoms with Crippen molar-refractivity contribution in [2.45, 2.75) is 20.1 Å². The highest BCUT2D eigenvalue weighted by molar-refractivity contribution is 6.36. The van der Waals surface area contributed by atoms with Gasteiger partial charge in [-0.3, -0.25) is 0 Å². The molecule has 0 spiro atoms. The summed E-state index contributed by atoms with van der Waals surface area (Å²) >= 11 is 18.8. The maximum absolute atomic E-state index is 9.05. The average Bonchev–Trinajstić information content (AvgIpc) is 2.78. The molecular formula is C24H20Cl3N3O2. The van der Waals surface area contributed by atoms with E-state index in [4.69, 9.17) is 49.5 Å². The van der Waals surface area contributed by atoms with Gasteiger partial charge in [0.2, 0.25) is 0 Å². The minimum Gasteiger partial charge on any atom is -0.490 e. The summed E-state index contributed by atoms with van der Waals surface area (Å²) in [7, 11) is 0. The number of nitrogens with one attached hydrogen (secondary N) is 1. The van der Waals surface area contributed by atoms with Crippen molar-refractivity contribution in [3.63, 3.8) is 0 Å². The maximum atomic E-state index is 9.05. The van der Waals surface area contributed by atoms with Crippen molar-refractivity contribution in [2.24, 2.45) is 5.10 Å². The Morgan fingerprint density at radius 2 is 1.75 bits per heavy atom. The third-order valence-corrected chi connectivity index (χ3v) is 5.38. The predicted octanol–water partition coefficient (Wildman–Crippen LogP) is 6.62. The summed E-state index contributed by atoms with van der Waals surface area (Å²) in [4.78, 5) is 0. The Hall–Kier alpha value is -2.91. The number of halogens is 3. The summed E-state index contributed by atoms with van der Waals surface area (Å²) in [5.74, 6) is 0.941. The molecule has 0 atom stereocenters. The summed E-state index contributed by atoms with van der Waals surface area (Å²) < 4.78 is 11.6. The van der Waals surface area contributed by atoms with E-state index in [0.717, 1.165) is 16.7 Å². The second-order valence-corrected chi connectivity index (χ2v) is 7.88. The van der Waals surface area contributed by atoms with E-state index in [1.54, 1.807) is 48.7 Å². The first-order valence-corrected chi connectivity index (χ1v) is 10.9. The molecule has 0 saturated carbocycles. The average molecular weight is 489 g/mol. The number of nitrogens with zero attached hydrogens (tertiary/aromatic N) is 2. The van der Waals surface area contributed by atoms with Gasteiger partial charge >= 0.3 is 0 Å². The number of benzene rings is 3. The van der Waals surface area contributed by atoms with E-state index in [2.05, 4.69) is 16.6 Å². The van der Waals surface area contributed by atoms with Crippen LogP contribution in [0.5, 0.6) is 11.5 Å². The van der Waals surface area contributed by atoms with Crippen LogP contribution in [0.25, 0.3) is 0 Å². The molecule has 0 radical (unpaired) electrons. The number of rotatable bonds is 9. The molecule has 0 aliphatic rings. The maximum Gasteiger partial charge on any atom is 0.180 e. The number of ether oxygens (including phenoxy) is 2. The van der Waals surface area contributed by atoms with Gasteiger partial charge in [-0.15, -0.1) is 0 Å². The molecule has 0 saturated heterocycles. The third-order valence-electron chi connectivity index (χ3n) is 4.39. The normalized spacial score (nSPS) is 10.7. The predicted molar refractivity (Wildman–Crippen MR) is 129 cm³/mol. The second kappa shape index (κ2) is 11.6. The van der Waals surface area contributed by atoms with Crippen molar-refractivity contribution in [1.82, 2.24) is 5.43 Å². The molecule has 0 bridgehead atoms. The van der Waals surface area contributed by atoms with Crippen molar-refractivity contribution >= 4 is 41.0 Å². The zero-order valence-corrected chi connectivity index (χ0v) is 19.5. The van der Waals surface area contributed by atoms with Crippen LogP contribution in [0.4, 0.5) is 0 Å². The Morgan fingerprint density at radius 1 is 1.00 bits per heavy atom. The molecular weight excluding hydrogens is 469 g/mol. The van der Waals surface area contributed by atoms with E-state index in [9.17, 15) is 0 Å². The number of hydrogen-bond acceptors (Lipinski definition) is 5. The first kappa shape index (κ1) is 23.7. The lowest BCUT2D eigenvalue weighted by molar-refractivity contribution is 0.269. The molecule has 0 fully saturated rings. The van der Waals surface area contributed by atoms with Gasteiger partial charge in [0.1, 0.15) is 6.61 Å². The minimum absolute atomic E-state index is 0.253. The fourth-order valence-electron chi connectivity index (χ4n) is 2.90. The van der Waals surface area contributed by atoms with Gasteiger partial charge < -0.3 is 14.9 Å². The molecule has 0 aliphatic carbocycles. The summed E-state index contributed by atoms with van der Waals surface area (Å²) in [6.45, 7) is 2.96. The smallest absolute Gasteiger partial charge is 0.180 e. The number of nitriles is 1. The number of hydrazone groups is 1. The topological polar surface area (TPSA) is 66.6 Å². The van der Waals surface area contributed by atoms with Crippen LogP contribution in [0.15, 0.2) is 59.7 Å². The summed E-state index contributed by atoms with van der Waals surface area (Å²) in [6.07, 6.45) is 1.62. The van der Waals surface area contributed by atoms with E-state index in [-0.39, 0.29) is 6.61 Å². The van der Waals surface area contributed by atoms with Gasteiger partial charge in [0, 0.05) is 15.6 Å². The molecule has 0 heterocycles. The molecule has 3 rings (SSSR count). The van der Waals surface area contributed by atoms with E-state index >= 15 is 0 Å². The van der Waals surface area contributed by atoms with E-state index in [1.807, 2.05) is 19.1 Å². The summed E-state index contributed by atoms with van der Waals surface area (Å²) in [5.41, 5.74) is 5.86. The lowest BCUT2D eigenvalue weighted by atomic mass is 10.1. The quantitative estimate of drug-likeness (QED) is 0.271. The van der Waals surface area contributed by atoms with Crippen molar-refractivity contribution in [3.8, 4) is 17.6 Å². The zero-order chi connectivity index (χ0) is 22.9. The minimum atomic E-state index is 0.253. The molecule has 3 aromatic carbocycles. The molecule has 32 heavy (non-hydrogen) atoms. The first-order valence-electron chi connectivity index (χ1n) is 9.78. The Balaban J connectivity index is 1.71. The fraction of sp³-hybridized carbons (Fsp3) is 0.167. The SMILES string of the molecule is CCOc1cc(/C=N\NCc2c(Cl)cccc2Cl)cc(Cl)c1OCc1cccc(C#N)c1. The Labute approximate surface area is 202 Å². The van der Waals surface area contributed by atoms with Gasteiger partial charge in [0.15, 0.2) is 11.5 Å². The van der Waals surface area contributed by atoms with Crippen LogP contribution in [-0.4, -0.2) is 12.8 Å². The summed E-state index contributed by atoms with van der Waals surface area (Å²) in [6, 6.07) is 18.2. The van der Waals surface area contributed by atoms with E-state index in [0.29, 0.717) is 45.3 Å². The van der Waals surface area contributed by atoms with Crippen LogP contribution in [0, 0.1) is 11.3 Å². The molecule has 3 aromatic rings. The number of hydrogen-bond donors (Lipinski definition) is 1. The third kappa shape index (κ3) is 6.30. The Morgan fingerprint density at radius 3 is 2.47 bits per heavy atom. The Kier molecular flexibility index (Phi) is 8.64. The molecule has 1 N–H and O–H groups in total. The van der Waals surface area contributed by atoms with Crippen LogP contribution >= 0.6 is 34.8 Å². The monoisotopic (exact) mass is 487 g/mol. The zero-order valence-electron chi connectivity index (χ0n) is 17.2. The van der Waals surface area contributed by atoms with Gasteiger partial charge in [-0.05, 0) is 54.4 Å². The highest BCUT2D eigenvalue weighted by atomic mass is 35.5. The van der Waals surface area contributed by atoms with E-state index in [1.165, 1.54) is 0 Å². The van der Waals surface area contributed by atoms with Crippen LogP contribution in [-0.2, 0) is 13.2 Å². The van der Waals surface area contributed by atoms with E-state index < -0.39 is 0 Å². The van der Waals surface area contributed by atoms with Gasteiger partial charge in [-0.2, -0.15) is 10.4 Å². The highest BCUT2D eigenvalue weighted by Crippen LogP contribution is 2.37. The standard InChI is InChI=1S/C24H20Cl3N3O2/c1-2-31-23-11-18(13-29-30-14-19-20(25)7-4-8-21(19)26)10-22(27)24(23)32-15-17-6-3-5-16(9-17)12-28/h3-11,13,30H,2,14-15H2,1H3/b29-13-. The molecule has 0 unspecified atom stereocenters. The van der Waals surface area contributed by atoms with Crippen molar-refractivity contribution < 1.29 is 9.47 Å². The largest absolute Gasteiger partial charge is 0.490 e. The molecule has 0 amide bonds. The fourth-order valence-corrected chi connectivity index (χ4v) is 3.70. The molecule has 0 aromatic heterocycles. The van der Waals surface area contributed by atoms with Crippen LogP contribution in [0.3, 0.4) is 0 Å². The van der Waals surface area contributed by atoms with Gasteiger partial charge in [-0.1, -0.05) is 53.0 Å². The molecule has 5 nitrogen and oxygen atoms in total. The van der Waals surface area contributed by atoms with Gasteiger partial charge in [0.25, 0.3) is 0 Å². The molecule has 0 aliphatic heterocycles. The molecule has 8 heteroatoms. The van der Waals surface area contributed by atoms with Crippen LogP contribution < -0.4 is 14.9 Å². The lowest BCUT2D eigenvalue weighted by Crippen LogP contribution is -2.07. The lowest BCUT2D eigenvalue weighted by Gasteiger charge is -2.14. The van der Waals surface area contributed by atoms with Crippen LogP contribution in [0.1, 0.15) is 29.2 Å². The molecule has 164 valence electrons. The van der Waals surface area contributed by atoms with Crippen molar-refractivity contribution in [2.75, 3.05) is 6.61 Å². The van der Waals surface area contributed by atoms with Crippen LogP contribution in [0.2, 0.25) is 15.1 Å².